The molecule has 0 aliphatic heterocycles. The molecule has 0 spiro atoms. The highest BCUT2D eigenvalue weighted by atomic mass is 16.5. The van der Waals surface area contributed by atoms with Crippen LogP contribution >= 0.6 is 0 Å². The van der Waals surface area contributed by atoms with Crippen molar-refractivity contribution >= 4 is 28.3 Å². The summed E-state index contributed by atoms with van der Waals surface area (Å²) >= 11 is 0. The van der Waals surface area contributed by atoms with Crippen molar-refractivity contribution in [2.24, 2.45) is 0 Å². The predicted molar refractivity (Wildman–Crippen MR) is 108 cm³/mol. The topological polar surface area (TPSA) is 110 Å². The maximum Gasteiger partial charge on any atom is 0.312 e. The van der Waals surface area contributed by atoms with Gasteiger partial charge in [-0.2, -0.15) is 5.10 Å². The lowest BCUT2D eigenvalue weighted by Crippen LogP contribution is -2.31. The molecule has 2 N–H and O–H groups in total. The van der Waals surface area contributed by atoms with E-state index < -0.39 is 18.0 Å². The second kappa shape index (κ2) is 9.01. The molecule has 150 valence electrons. The first kappa shape index (κ1) is 20.1. The quantitative estimate of drug-likeness (QED) is 0.595. The Hall–Kier alpha value is -3.68. The monoisotopic (exact) mass is 395 g/mol. The molecule has 3 aromatic rings. The molecule has 0 radical (unpaired) electrons. The van der Waals surface area contributed by atoms with Crippen molar-refractivity contribution in [3.8, 4) is 5.75 Å². The fraction of sp³-hybridized carbons (Fsp3) is 0.238. The number of para-hydroxylation sites is 2. The second-order valence-electron chi connectivity index (χ2n) is 6.27. The van der Waals surface area contributed by atoms with E-state index in [4.69, 9.17) is 9.47 Å². The predicted octanol–water partition coefficient (Wildman–Crippen LogP) is 2.43. The van der Waals surface area contributed by atoms with Crippen molar-refractivity contribution in [3.05, 3.63) is 64.6 Å². The fourth-order valence-electron chi connectivity index (χ4n) is 2.82. The van der Waals surface area contributed by atoms with Crippen LogP contribution in [0.1, 0.15) is 19.5 Å². The van der Waals surface area contributed by atoms with Gasteiger partial charge in [-0.1, -0.05) is 30.3 Å². The number of nitrogens with one attached hydrogen (secondary N) is 2. The Morgan fingerprint density at radius 1 is 1.10 bits per heavy atom. The first-order valence-corrected chi connectivity index (χ1v) is 9.18. The van der Waals surface area contributed by atoms with Crippen molar-refractivity contribution in [2.75, 3.05) is 11.9 Å². The Bertz CT molecular complexity index is 1090. The average Bonchev–Trinajstić information content (AvgIpc) is 2.72. The first-order valence-electron chi connectivity index (χ1n) is 9.18. The Kier molecular flexibility index (Phi) is 6.23. The smallest absolute Gasteiger partial charge is 0.312 e. The number of esters is 1. The number of carbonyl (C=O) groups excluding carboxylic acids is 2. The van der Waals surface area contributed by atoms with Crippen LogP contribution in [0.3, 0.4) is 0 Å². The highest BCUT2D eigenvalue weighted by Gasteiger charge is 2.20. The summed E-state index contributed by atoms with van der Waals surface area (Å²) in [7, 11) is 0. The molecule has 1 unspecified atom stereocenters. The van der Waals surface area contributed by atoms with Crippen LogP contribution in [-0.4, -0.2) is 34.8 Å². The largest absolute Gasteiger partial charge is 0.492 e. The second-order valence-corrected chi connectivity index (χ2v) is 6.27. The Morgan fingerprint density at radius 3 is 2.55 bits per heavy atom. The summed E-state index contributed by atoms with van der Waals surface area (Å²) in [5.74, 6) is -0.578. The number of anilines is 1. The van der Waals surface area contributed by atoms with Crippen molar-refractivity contribution in [3.63, 3.8) is 0 Å². The van der Waals surface area contributed by atoms with Gasteiger partial charge in [0.1, 0.15) is 5.75 Å². The molecule has 1 atom stereocenters. The van der Waals surface area contributed by atoms with Crippen LogP contribution in [0, 0.1) is 0 Å². The lowest BCUT2D eigenvalue weighted by Gasteiger charge is -2.15. The van der Waals surface area contributed by atoms with E-state index in [9.17, 15) is 14.4 Å². The molecule has 0 fully saturated rings. The van der Waals surface area contributed by atoms with E-state index >= 15 is 0 Å². The molecule has 0 aliphatic carbocycles. The summed E-state index contributed by atoms with van der Waals surface area (Å²) < 4.78 is 10.7. The van der Waals surface area contributed by atoms with E-state index in [1.165, 1.54) is 6.92 Å². The number of fused-ring (bicyclic) bond motifs is 1. The number of aromatic nitrogens is 2. The summed E-state index contributed by atoms with van der Waals surface area (Å²) in [5.41, 5.74) is 0.536. The van der Waals surface area contributed by atoms with Gasteiger partial charge in [-0.3, -0.25) is 14.4 Å². The third-order valence-corrected chi connectivity index (χ3v) is 4.21. The summed E-state index contributed by atoms with van der Waals surface area (Å²) in [5, 5.41) is 10.0. The minimum Gasteiger partial charge on any atom is -0.492 e. The van der Waals surface area contributed by atoms with Crippen molar-refractivity contribution in [1.82, 2.24) is 10.2 Å². The molecule has 0 aliphatic rings. The molecule has 0 saturated carbocycles. The van der Waals surface area contributed by atoms with Gasteiger partial charge in [-0.05, 0) is 32.0 Å². The van der Waals surface area contributed by atoms with Gasteiger partial charge >= 0.3 is 5.97 Å². The molecule has 8 nitrogen and oxygen atoms in total. The number of benzene rings is 2. The number of aromatic amines is 1. The van der Waals surface area contributed by atoms with Crippen molar-refractivity contribution < 1.29 is 19.1 Å². The molecule has 0 saturated heterocycles. The molecular weight excluding hydrogens is 374 g/mol. The normalized spacial score (nSPS) is 11.7. The molecule has 3 rings (SSSR count). The van der Waals surface area contributed by atoms with Gasteiger partial charge in [0.25, 0.3) is 11.5 Å². The highest BCUT2D eigenvalue weighted by molar-refractivity contribution is 5.96. The number of hydrogen-bond donors (Lipinski definition) is 2. The molecule has 1 aromatic heterocycles. The lowest BCUT2D eigenvalue weighted by molar-refractivity contribution is -0.152. The fourth-order valence-corrected chi connectivity index (χ4v) is 2.82. The van der Waals surface area contributed by atoms with E-state index in [2.05, 4.69) is 15.5 Å². The molecule has 2 aromatic carbocycles. The van der Waals surface area contributed by atoms with Crippen LogP contribution in [0.4, 0.5) is 5.69 Å². The highest BCUT2D eigenvalue weighted by Crippen LogP contribution is 2.24. The van der Waals surface area contributed by atoms with Gasteiger partial charge in [0.05, 0.1) is 29.8 Å². The molecule has 29 heavy (non-hydrogen) atoms. The summed E-state index contributed by atoms with van der Waals surface area (Å²) in [4.78, 5) is 36.6. The van der Waals surface area contributed by atoms with Gasteiger partial charge in [0.15, 0.2) is 6.10 Å². The van der Waals surface area contributed by atoms with Gasteiger partial charge in [-0.15, -0.1) is 0 Å². The van der Waals surface area contributed by atoms with E-state index in [1.807, 2.05) is 6.92 Å². The van der Waals surface area contributed by atoms with E-state index in [0.717, 1.165) is 0 Å². The van der Waals surface area contributed by atoms with Crippen LogP contribution in [0.25, 0.3) is 10.8 Å². The molecular formula is C21H21N3O5. The zero-order valence-corrected chi connectivity index (χ0v) is 16.1. The molecule has 1 amide bonds. The SMILES string of the molecule is CCOc1ccccc1NC(=O)C(C)OC(=O)Cc1n[nH]c(=O)c2ccccc12. The number of nitrogens with zero attached hydrogens (tertiary/aromatic N) is 1. The van der Waals surface area contributed by atoms with Gasteiger partial charge in [0, 0.05) is 5.39 Å². The minimum absolute atomic E-state index is 0.176. The number of rotatable bonds is 7. The molecule has 0 bridgehead atoms. The van der Waals surface area contributed by atoms with Crippen LogP contribution < -0.4 is 15.6 Å². The first-order chi connectivity index (χ1) is 14.0. The lowest BCUT2D eigenvalue weighted by atomic mass is 10.1. The summed E-state index contributed by atoms with van der Waals surface area (Å²) in [6.45, 7) is 3.78. The number of H-pyrrole nitrogens is 1. The summed E-state index contributed by atoms with van der Waals surface area (Å²) in [6, 6.07) is 13.8. The zero-order chi connectivity index (χ0) is 20.8. The van der Waals surface area contributed by atoms with Crippen LogP contribution in [0.2, 0.25) is 0 Å². The molecule has 1 heterocycles. The zero-order valence-electron chi connectivity index (χ0n) is 16.1. The maximum atomic E-state index is 12.4. The van der Waals surface area contributed by atoms with Crippen molar-refractivity contribution in [1.29, 1.82) is 0 Å². The Morgan fingerprint density at radius 2 is 1.79 bits per heavy atom. The maximum absolute atomic E-state index is 12.4. The third-order valence-electron chi connectivity index (χ3n) is 4.21. The Labute approximate surface area is 166 Å². The number of amides is 1. The van der Waals surface area contributed by atoms with Crippen molar-refractivity contribution in [2.45, 2.75) is 26.4 Å². The van der Waals surface area contributed by atoms with Gasteiger partial charge in [0.2, 0.25) is 0 Å². The molecule has 8 heteroatoms. The third kappa shape index (κ3) is 4.78. The van der Waals surface area contributed by atoms with E-state index in [1.54, 1.807) is 48.5 Å². The average molecular weight is 395 g/mol. The van der Waals surface area contributed by atoms with Crippen LogP contribution in [-0.2, 0) is 20.7 Å². The summed E-state index contributed by atoms with van der Waals surface area (Å²) in [6.07, 6.45) is -1.20. The van der Waals surface area contributed by atoms with Crippen LogP contribution in [0.5, 0.6) is 5.75 Å². The van der Waals surface area contributed by atoms with E-state index in [-0.39, 0.29) is 12.0 Å². The van der Waals surface area contributed by atoms with Gasteiger partial charge in [-0.25, -0.2) is 5.10 Å². The number of ether oxygens (including phenoxy) is 2. The van der Waals surface area contributed by atoms with Gasteiger partial charge < -0.3 is 14.8 Å². The minimum atomic E-state index is -1.02. The Balaban J connectivity index is 1.66. The number of hydrogen-bond acceptors (Lipinski definition) is 6. The van der Waals surface area contributed by atoms with E-state index in [0.29, 0.717) is 34.5 Å². The number of carbonyl (C=O) groups is 2. The standard InChI is InChI=1S/C21H21N3O5/c1-3-28-18-11-7-6-10-16(18)22-20(26)13(2)29-19(25)12-17-14-8-4-5-9-15(14)21(27)24-23-17/h4-11,13H,3,12H2,1-2H3,(H,22,26)(H,24,27). The van der Waals surface area contributed by atoms with Crippen LogP contribution in [0.15, 0.2) is 53.3 Å².